The SMILES string of the molecule is C#Cc1cccc(NC(=O)COc2ccc3ccc(=O)oc3c2)c1. The summed E-state index contributed by atoms with van der Waals surface area (Å²) in [6.07, 6.45) is 5.32. The Bertz CT molecular complexity index is 998. The summed E-state index contributed by atoms with van der Waals surface area (Å²) < 4.78 is 10.5. The predicted molar refractivity (Wildman–Crippen MR) is 91.0 cm³/mol. The Morgan fingerprint density at radius 3 is 2.83 bits per heavy atom. The second kappa shape index (κ2) is 6.71. The summed E-state index contributed by atoms with van der Waals surface area (Å²) in [4.78, 5) is 23.2. The van der Waals surface area contributed by atoms with Gasteiger partial charge < -0.3 is 14.5 Å². The Kier molecular flexibility index (Phi) is 4.30. The lowest BCUT2D eigenvalue weighted by atomic mass is 10.2. The zero-order valence-corrected chi connectivity index (χ0v) is 12.6. The highest BCUT2D eigenvalue weighted by molar-refractivity contribution is 5.92. The van der Waals surface area contributed by atoms with Gasteiger partial charge in [-0.05, 0) is 36.4 Å². The van der Waals surface area contributed by atoms with Crippen LogP contribution >= 0.6 is 0 Å². The van der Waals surface area contributed by atoms with E-state index in [2.05, 4.69) is 11.2 Å². The maximum Gasteiger partial charge on any atom is 0.336 e. The number of rotatable bonds is 4. The number of amides is 1. The molecule has 0 bridgehead atoms. The molecule has 24 heavy (non-hydrogen) atoms. The maximum atomic E-state index is 11.9. The van der Waals surface area contributed by atoms with Crippen LogP contribution in [0.5, 0.6) is 5.75 Å². The van der Waals surface area contributed by atoms with Crippen LogP contribution in [-0.4, -0.2) is 12.5 Å². The lowest BCUT2D eigenvalue weighted by molar-refractivity contribution is -0.118. The van der Waals surface area contributed by atoms with Gasteiger partial charge in [-0.15, -0.1) is 6.42 Å². The molecule has 1 N–H and O–H groups in total. The first-order valence-electron chi connectivity index (χ1n) is 7.17. The van der Waals surface area contributed by atoms with Crippen LogP contribution in [0, 0.1) is 12.3 Å². The average molecular weight is 319 g/mol. The minimum atomic E-state index is -0.439. The van der Waals surface area contributed by atoms with Gasteiger partial charge in [0.25, 0.3) is 5.91 Å². The first-order chi connectivity index (χ1) is 11.6. The average Bonchev–Trinajstić information content (AvgIpc) is 2.59. The van der Waals surface area contributed by atoms with Crippen molar-refractivity contribution in [2.75, 3.05) is 11.9 Å². The standard InChI is InChI=1S/C19H13NO4/c1-2-13-4-3-5-15(10-13)20-18(21)12-23-16-8-6-14-7-9-19(22)24-17(14)11-16/h1,3-11H,12H2,(H,20,21). The highest BCUT2D eigenvalue weighted by Gasteiger charge is 2.06. The summed E-state index contributed by atoms with van der Waals surface area (Å²) >= 11 is 0. The smallest absolute Gasteiger partial charge is 0.336 e. The number of hydrogen-bond acceptors (Lipinski definition) is 4. The number of carbonyl (C=O) groups excluding carboxylic acids is 1. The van der Waals surface area contributed by atoms with Crippen molar-refractivity contribution in [3.05, 3.63) is 70.6 Å². The Morgan fingerprint density at radius 2 is 2.00 bits per heavy atom. The molecule has 0 aliphatic rings. The maximum absolute atomic E-state index is 11.9. The summed E-state index contributed by atoms with van der Waals surface area (Å²) in [5, 5.41) is 3.48. The minimum absolute atomic E-state index is 0.178. The molecule has 5 nitrogen and oxygen atoms in total. The monoisotopic (exact) mass is 319 g/mol. The summed E-state index contributed by atoms with van der Waals surface area (Å²) in [7, 11) is 0. The van der Waals surface area contributed by atoms with Crippen LogP contribution in [0.1, 0.15) is 5.56 Å². The summed E-state index contributed by atoms with van der Waals surface area (Å²) in [6, 6.07) is 15.0. The third kappa shape index (κ3) is 3.62. The molecule has 0 unspecified atom stereocenters. The van der Waals surface area contributed by atoms with Crippen LogP contribution in [0.4, 0.5) is 5.69 Å². The molecule has 0 atom stereocenters. The van der Waals surface area contributed by atoms with Crippen LogP contribution < -0.4 is 15.7 Å². The van der Waals surface area contributed by atoms with Gasteiger partial charge in [-0.3, -0.25) is 4.79 Å². The van der Waals surface area contributed by atoms with Gasteiger partial charge in [-0.2, -0.15) is 0 Å². The molecular weight excluding hydrogens is 306 g/mol. The van der Waals surface area contributed by atoms with E-state index in [4.69, 9.17) is 15.6 Å². The number of hydrogen-bond donors (Lipinski definition) is 1. The van der Waals surface area contributed by atoms with Crippen molar-refractivity contribution in [2.45, 2.75) is 0 Å². The van der Waals surface area contributed by atoms with Crippen molar-refractivity contribution in [1.29, 1.82) is 0 Å². The fourth-order valence-electron chi connectivity index (χ4n) is 2.16. The Labute approximate surface area is 137 Å². The third-order valence-corrected chi connectivity index (χ3v) is 3.28. The molecule has 0 aliphatic carbocycles. The molecule has 3 aromatic rings. The van der Waals surface area contributed by atoms with E-state index in [0.29, 0.717) is 22.6 Å². The summed E-state index contributed by atoms with van der Waals surface area (Å²) in [5.74, 6) is 2.62. The van der Waals surface area contributed by atoms with Gasteiger partial charge in [-0.1, -0.05) is 12.0 Å². The van der Waals surface area contributed by atoms with Crippen LogP contribution in [0.3, 0.4) is 0 Å². The Balaban J connectivity index is 1.65. The lowest BCUT2D eigenvalue weighted by Crippen LogP contribution is -2.20. The molecule has 1 amide bonds. The molecular formula is C19H13NO4. The molecule has 3 rings (SSSR count). The molecule has 0 aliphatic heterocycles. The van der Waals surface area contributed by atoms with Gasteiger partial charge >= 0.3 is 5.63 Å². The number of carbonyl (C=O) groups is 1. The number of benzene rings is 2. The third-order valence-electron chi connectivity index (χ3n) is 3.28. The van der Waals surface area contributed by atoms with Gasteiger partial charge in [0.15, 0.2) is 6.61 Å². The molecule has 0 spiro atoms. The van der Waals surface area contributed by atoms with E-state index in [1.807, 2.05) is 0 Å². The molecule has 118 valence electrons. The molecule has 0 radical (unpaired) electrons. The van der Waals surface area contributed by atoms with Gasteiger partial charge in [0.2, 0.25) is 0 Å². The zero-order chi connectivity index (χ0) is 16.9. The summed E-state index contributed by atoms with van der Waals surface area (Å²) in [6.45, 7) is -0.178. The molecule has 1 heterocycles. The fourth-order valence-corrected chi connectivity index (χ4v) is 2.16. The van der Waals surface area contributed by atoms with E-state index >= 15 is 0 Å². The largest absolute Gasteiger partial charge is 0.484 e. The van der Waals surface area contributed by atoms with Crippen molar-refractivity contribution in [3.8, 4) is 18.1 Å². The Hall–Kier alpha value is -3.52. The van der Waals surface area contributed by atoms with Crippen LogP contribution in [0.2, 0.25) is 0 Å². The molecule has 0 saturated heterocycles. The predicted octanol–water partition coefficient (Wildman–Crippen LogP) is 2.79. The van der Waals surface area contributed by atoms with Crippen molar-refractivity contribution >= 4 is 22.6 Å². The van der Waals surface area contributed by atoms with Crippen LogP contribution in [0.25, 0.3) is 11.0 Å². The van der Waals surface area contributed by atoms with Crippen LogP contribution in [-0.2, 0) is 4.79 Å². The topological polar surface area (TPSA) is 68.5 Å². The van der Waals surface area contributed by atoms with E-state index in [9.17, 15) is 9.59 Å². The first-order valence-corrected chi connectivity index (χ1v) is 7.17. The van der Waals surface area contributed by atoms with Gasteiger partial charge in [0.1, 0.15) is 11.3 Å². The zero-order valence-electron chi connectivity index (χ0n) is 12.6. The fraction of sp³-hybridized carbons (Fsp3) is 0.0526. The number of fused-ring (bicyclic) bond motifs is 1. The lowest BCUT2D eigenvalue weighted by Gasteiger charge is -2.08. The second-order valence-electron chi connectivity index (χ2n) is 5.02. The first kappa shape index (κ1) is 15.4. The number of anilines is 1. The van der Waals surface area contributed by atoms with Crippen molar-refractivity contribution in [2.24, 2.45) is 0 Å². The van der Waals surface area contributed by atoms with Gasteiger partial charge in [-0.25, -0.2) is 4.79 Å². The number of ether oxygens (including phenoxy) is 1. The molecule has 0 saturated carbocycles. The normalized spacial score (nSPS) is 10.1. The highest BCUT2D eigenvalue weighted by Crippen LogP contribution is 2.19. The molecule has 1 aromatic heterocycles. The number of nitrogens with one attached hydrogen (secondary N) is 1. The van der Waals surface area contributed by atoms with Gasteiger partial charge in [0, 0.05) is 28.8 Å². The van der Waals surface area contributed by atoms with E-state index in [1.54, 1.807) is 48.5 Å². The van der Waals surface area contributed by atoms with Crippen molar-refractivity contribution in [1.82, 2.24) is 0 Å². The molecule has 2 aromatic carbocycles. The molecule has 5 heteroatoms. The van der Waals surface area contributed by atoms with E-state index in [0.717, 1.165) is 5.39 Å². The van der Waals surface area contributed by atoms with E-state index in [1.165, 1.54) is 6.07 Å². The van der Waals surface area contributed by atoms with Crippen molar-refractivity contribution < 1.29 is 13.9 Å². The second-order valence-corrected chi connectivity index (χ2v) is 5.02. The van der Waals surface area contributed by atoms with Crippen LogP contribution in [0.15, 0.2) is 63.8 Å². The van der Waals surface area contributed by atoms with Crippen molar-refractivity contribution in [3.63, 3.8) is 0 Å². The highest BCUT2D eigenvalue weighted by atomic mass is 16.5. The van der Waals surface area contributed by atoms with Gasteiger partial charge in [0.05, 0.1) is 0 Å². The van der Waals surface area contributed by atoms with E-state index in [-0.39, 0.29) is 12.5 Å². The quantitative estimate of drug-likeness (QED) is 0.593. The summed E-state index contributed by atoms with van der Waals surface area (Å²) in [5.41, 5.74) is 1.25. The number of terminal acetylenes is 1. The minimum Gasteiger partial charge on any atom is -0.484 e. The van der Waals surface area contributed by atoms with E-state index < -0.39 is 5.63 Å². The molecule has 0 fully saturated rings. The Morgan fingerprint density at radius 1 is 1.17 bits per heavy atom.